The SMILES string of the molecule is Fc1ccc(OC2=CC=NC(Br)(Oc3ccc(F)cc3F)N2)c(F)c1. The summed E-state index contributed by atoms with van der Waals surface area (Å²) < 4.78 is 62.2. The van der Waals surface area contributed by atoms with Gasteiger partial charge in [0.15, 0.2) is 29.0 Å². The zero-order chi connectivity index (χ0) is 18.0. The van der Waals surface area contributed by atoms with E-state index in [1.54, 1.807) is 0 Å². The monoisotopic (exact) mass is 416 g/mol. The molecule has 0 saturated heterocycles. The van der Waals surface area contributed by atoms with E-state index >= 15 is 0 Å². The summed E-state index contributed by atoms with van der Waals surface area (Å²) in [5.74, 6) is -3.87. The number of aliphatic imine (C=N–C) groups is 1. The summed E-state index contributed by atoms with van der Waals surface area (Å²) >= 11 is 3.10. The molecule has 4 nitrogen and oxygen atoms in total. The zero-order valence-electron chi connectivity index (χ0n) is 12.3. The Morgan fingerprint density at radius 1 is 0.920 bits per heavy atom. The highest BCUT2D eigenvalue weighted by Gasteiger charge is 2.32. The van der Waals surface area contributed by atoms with Crippen LogP contribution in [-0.4, -0.2) is 11.0 Å². The average Bonchev–Trinajstić information content (AvgIpc) is 2.53. The van der Waals surface area contributed by atoms with Gasteiger partial charge >= 0.3 is 4.76 Å². The lowest BCUT2D eigenvalue weighted by Gasteiger charge is -2.29. The van der Waals surface area contributed by atoms with Crippen LogP contribution in [0.4, 0.5) is 17.6 Å². The zero-order valence-corrected chi connectivity index (χ0v) is 13.9. The second-order valence-electron chi connectivity index (χ2n) is 4.85. The second-order valence-corrected chi connectivity index (χ2v) is 5.92. The van der Waals surface area contributed by atoms with Gasteiger partial charge in [0.05, 0.1) is 0 Å². The van der Waals surface area contributed by atoms with Gasteiger partial charge in [-0.1, -0.05) is 0 Å². The summed E-state index contributed by atoms with van der Waals surface area (Å²) in [6.45, 7) is 0. The minimum Gasteiger partial charge on any atom is -0.438 e. The first-order valence-corrected chi connectivity index (χ1v) is 7.63. The first kappa shape index (κ1) is 17.3. The summed E-state index contributed by atoms with van der Waals surface area (Å²) in [5.41, 5.74) is 0. The fraction of sp³-hybridized carbons (Fsp3) is 0.0625. The predicted octanol–water partition coefficient (Wildman–Crippen LogP) is 4.22. The minimum atomic E-state index is -1.66. The molecule has 1 heterocycles. The highest BCUT2D eigenvalue weighted by Crippen LogP contribution is 2.29. The topological polar surface area (TPSA) is 42.9 Å². The Morgan fingerprint density at radius 3 is 2.12 bits per heavy atom. The van der Waals surface area contributed by atoms with E-state index < -0.39 is 28.0 Å². The molecule has 0 aromatic heterocycles. The fourth-order valence-electron chi connectivity index (χ4n) is 1.92. The largest absolute Gasteiger partial charge is 0.438 e. The molecule has 2 aromatic rings. The van der Waals surface area contributed by atoms with Gasteiger partial charge < -0.3 is 9.47 Å². The molecule has 0 aliphatic carbocycles. The Labute approximate surface area is 147 Å². The number of alkyl halides is 1. The van der Waals surface area contributed by atoms with Gasteiger partial charge in [0, 0.05) is 40.4 Å². The van der Waals surface area contributed by atoms with Crippen LogP contribution in [0.2, 0.25) is 0 Å². The summed E-state index contributed by atoms with van der Waals surface area (Å²) in [6.07, 6.45) is 2.62. The molecule has 1 unspecified atom stereocenters. The van der Waals surface area contributed by atoms with E-state index in [9.17, 15) is 17.6 Å². The quantitative estimate of drug-likeness (QED) is 0.460. The molecule has 9 heteroatoms. The van der Waals surface area contributed by atoms with Crippen molar-refractivity contribution in [1.29, 1.82) is 0 Å². The molecule has 0 saturated carbocycles. The predicted molar refractivity (Wildman–Crippen MR) is 85.3 cm³/mol. The highest BCUT2D eigenvalue weighted by atomic mass is 79.9. The van der Waals surface area contributed by atoms with Crippen LogP contribution in [0, 0.1) is 23.3 Å². The molecule has 130 valence electrons. The first-order chi connectivity index (χ1) is 11.8. The summed E-state index contributed by atoms with van der Waals surface area (Å²) in [5, 5.41) is 2.63. The molecule has 0 bridgehead atoms. The Hall–Kier alpha value is -2.55. The van der Waals surface area contributed by atoms with Crippen molar-refractivity contribution in [2.75, 3.05) is 0 Å². The highest BCUT2D eigenvalue weighted by molar-refractivity contribution is 9.10. The number of allylic oxidation sites excluding steroid dienone is 1. The maximum Gasteiger partial charge on any atom is 0.341 e. The van der Waals surface area contributed by atoms with Crippen LogP contribution in [0.15, 0.2) is 53.3 Å². The number of hydrogen-bond donors (Lipinski definition) is 1. The molecule has 2 aromatic carbocycles. The molecule has 0 fully saturated rings. The average molecular weight is 417 g/mol. The van der Waals surface area contributed by atoms with E-state index in [-0.39, 0.29) is 17.4 Å². The van der Waals surface area contributed by atoms with Gasteiger partial charge in [0.25, 0.3) is 0 Å². The Morgan fingerprint density at radius 2 is 1.52 bits per heavy atom. The van der Waals surface area contributed by atoms with E-state index in [2.05, 4.69) is 26.2 Å². The van der Waals surface area contributed by atoms with E-state index in [1.807, 2.05) is 0 Å². The molecule has 1 aliphatic rings. The Kier molecular flexibility index (Phi) is 4.67. The number of halogens is 5. The third-order valence-corrected chi connectivity index (χ3v) is 3.56. The van der Waals surface area contributed by atoms with Crippen LogP contribution in [0.5, 0.6) is 11.5 Å². The molecular formula is C16H9BrF4N2O2. The van der Waals surface area contributed by atoms with Gasteiger partial charge in [-0.2, -0.15) is 0 Å². The van der Waals surface area contributed by atoms with Crippen molar-refractivity contribution in [2.45, 2.75) is 4.76 Å². The lowest BCUT2D eigenvalue weighted by atomic mass is 10.3. The second kappa shape index (κ2) is 6.75. The maximum absolute atomic E-state index is 13.7. The Balaban J connectivity index is 1.75. The van der Waals surface area contributed by atoms with Crippen molar-refractivity contribution in [2.24, 2.45) is 4.99 Å². The van der Waals surface area contributed by atoms with E-state index in [1.165, 1.54) is 12.3 Å². The van der Waals surface area contributed by atoms with Crippen molar-refractivity contribution in [3.8, 4) is 11.5 Å². The number of nitrogens with zero attached hydrogens (tertiary/aromatic N) is 1. The number of benzene rings is 2. The van der Waals surface area contributed by atoms with Crippen LogP contribution >= 0.6 is 15.9 Å². The van der Waals surface area contributed by atoms with Crippen molar-refractivity contribution < 1.29 is 27.0 Å². The lowest BCUT2D eigenvalue weighted by molar-refractivity contribution is 0.129. The normalized spacial score (nSPS) is 19.2. The van der Waals surface area contributed by atoms with E-state index in [0.29, 0.717) is 12.1 Å². The number of nitrogens with one attached hydrogen (secondary N) is 1. The lowest BCUT2D eigenvalue weighted by Crippen LogP contribution is -2.45. The van der Waals surface area contributed by atoms with Crippen LogP contribution in [0.3, 0.4) is 0 Å². The van der Waals surface area contributed by atoms with Crippen molar-refractivity contribution in [3.63, 3.8) is 0 Å². The third-order valence-electron chi connectivity index (χ3n) is 3.00. The first-order valence-electron chi connectivity index (χ1n) is 6.84. The summed E-state index contributed by atoms with van der Waals surface area (Å²) in [7, 11) is 0. The van der Waals surface area contributed by atoms with Gasteiger partial charge in [0.2, 0.25) is 0 Å². The molecule has 3 rings (SSSR count). The molecule has 25 heavy (non-hydrogen) atoms. The van der Waals surface area contributed by atoms with Crippen LogP contribution in [0.1, 0.15) is 0 Å². The van der Waals surface area contributed by atoms with E-state index in [0.717, 1.165) is 24.3 Å². The van der Waals surface area contributed by atoms with Crippen LogP contribution < -0.4 is 14.8 Å². The number of rotatable bonds is 4. The smallest absolute Gasteiger partial charge is 0.341 e. The summed E-state index contributed by atoms with van der Waals surface area (Å²) in [6, 6.07) is 5.56. The summed E-state index contributed by atoms with van der Waals surface area (Å²) in [4.78, 5) is 3.94. The van der Waals surface area contributed by atoms with Crippen LogP contribution in [0.25, 0.3) is 0 Å². The molecule has 1 aliphatic heterocycles. The number of ether oxygens (including phenoxy) is 2. The molecule has 0 spiro atoms. The molecule has 1 N–H and O–H groups in total. The van der Waals surface area contributed by atoms with E-state index in [4.69, 9.17) is 9.47 Å². The molecule has 0 amide bonds. The Bertz CT molecular complexity index is 875. The fourth-order valence-corrected chi connectivity index (χ4v) is 2.41. The van der Waals surface area contributed by atoms with Crippen molar-refractivity contribution in [1.82, 2.24) is 5.32 Å². The molecular weight excluding hydrogens is 408 g/mol. The maximum atomic E-state index is 13.7. The number of hydrogen-bond acceptors (Lipinski definition) is 4. The molecule has 0 radical (unpaired) electrons. The van der Waals surface area contributed by atoms with Crippen LogP contribution in [-0.2, 0) is 0 Å². The molecule has 1 atom stereocenters. The van der Waals surface area contributed by atoms with Gasteiger partial charge in [-0.05, 0) is 24.3 Å². The van der Waals surface area contributed by atoms with Crippen molar-refractivity contribution in [3.05, 3.63) is 71.6 Å². The third kappa shape index (κ3) is 4.11. The van der Waals surface area contributed by atoms with Gasteiger partial charge in [-0.25, -0.2) is 22.6 Å². The minimum absolute atomic E-state index is 0.0000898. The standard InChI is InChI=1S/C16H9BrF4N2O2/c17-16(25-14-4-2-10(19)8-12(14)21)22-6-5-15(23-16)24-13-3-1-9(18)7-11(13)20/h1-8,23H. The van der Waals surface area contributed by atoms with Gasteiger partial charge in [-0.3, -0.25) is 5.32 Å². The van der Waals surface area contributed by atoms with Gasteiger partial charge in [-0.15, -0.1) is 0 Å². The van der Waals surface area contributed by atoms with Gasteiger partial charge in [0.1, 0.15) is 11.6 Å². The van der Waals surface area contributed by atoms with Crippen molar-refractivity contribution >= 4 is 22.1 Å².